The Kier molecular flexibility index (Phi) is 4.96. The van der Waals surface area contributed by atoms with Gasteiger partial charge in [-0.05, 0) is 47.1 Å². The number of carbonyl (C=O) groups is 1. The number of rotatable bonds is 3. The monoisotopic (exact) mass is 373 g/mol. The average molecular weight is 375 g/mol. The summed E-state index contributed by atoms with van der Waals surface area (Å²) in [6.45, 7) is 1.62. The second kappa shape index (κ2) is 6.54. The van der Waals surface area contributed by atoms with Crippen LogP contribution in [0.4, 0.5) is 8.78 Å². The van der Waals surface area contributed by atoms with Gasteiger partial charge in [0.25, 0.3) is 5.91 Å². The Morgan fingerprint density at radius 2 is 1.95 bits per heavy atom. The van der Waals surface area contributed by atoms with Crippen molar-refractivity contribution in [2.75, 3.05) is 0 Å². The summed E-state index contributed by atoms with van der Waals surface area (Å²) < 4.78 is 27.2. The Balaban J connectivity index is 2.16. The van der Waals surface area contributed by atoms with Crippen LogP contribution in [0.3, 0.4) is 0 Å². The summed E-state index contributed by atoms with van der Waals surface area (Å²) in [6.07, 6.45) is 0. The van der Waals surface area contributed by atoms with Gasteiger partial charge in [0, 0.05) is 21.7 Å². The molecule has 1 N–H and O–H groups in total. The average Bonchev–Trinajstić information content (AvgIpc) is 2.41. The number of hydrogen-bond acceptors (Lipinski definition) is 1. The quantitative estimate of drug-likeness (QED) is 0.816. The minimum atomic E-state index is -0.698. The lowest BCUT2D eigenvalue weighted by atomic mass is 10.1. The minimum absolute atomic E-state index is 0.216. The zero-order chi connectivity index (χ0) is 15.6. The van der Waals surface area contributed by atoms with Crippen molar-refractivity contribution < 1.29 is 13.6 Å². The summed E-state index contributed by atoms with van der Waals surface area (Å²) in [5, 5.41) is 3.05. The Morgan fingerprint density at radius 1 is 1.24 bits per heavy atom. The van der Waals surface area contributed by atoms with E-state index in [1.807, 2.05) is 0 Å². The van der Waals surface area contributed by atoms with E-state index >= 15 is 0 Å². The van der Waals surface area contributed by atoms with E-state index < -0.39 is 17.7 Å². The third-order valence-corrected chi connectivity index (χ3v) is 4.19. The maximum atomic E-state index is 13.7. The molecule has 1 atom stereocenters. The molecular formula is C15H11BrClF2NO. The Bertz CT molecular complexity index is 693. The molecule has 0 aliphatic carbocycles. The fourth-order valence-corrected chi connectivity index (χ4v) is 2.27. The van der Waals surface area contributed by atoms with Gasteiger partial charge in [0.15, 0.2) is 0 Å². The van der Waals surface area contributed by atoms with Gasteiger partial charge in [0.1, 0.15) is 11.6 Å². The molecule has 2 aromatic rings. The molecule has 0 heterocycles. The first kappa shape index (κ1) is 15.9. The number of halogens is 4. The summed E-state index contributed by atoms with van der Waals surface area (Å²) in [5.41, 5.74) is 0.575. The first-order chi connectivity index (χ1) is 9.88. The van der Waals surface area contributed by atoms with E-state index in [0.717, 1.165) is 12.1 Å². The number of hydrogen-bond donors (Lipinski definition) is 1. The highest BCUT2D eigenvalue weighted by Crippen LogP contribution is 2.24. The topological polar surface area (TPSA) is 29.1 Å². The molecule has 0 spiro atoms. The number of nitrogens with one attached hydrogen (secondary N) is 1. The van der Waals surface area contributed by atoms with Crippen LogP contribution in [0.15, 0.2) is 40.9 Å². The Labute approximate surface area is 134 Å². The molecule has 0 bridgehead atoms. The van der Waals surface area contributed by atoms with E-state index in [1.165, 1.54) is 12.1 Å². The molecule has 1 unspecified atom stereocenters. The Hall–Kier alpha value is -1.46. The van der Waals surface area contributed by atoms with Gasteiger partial charge in [-0.15, -0.1) is 0 Å². The summed E-state index contributed by atoms with van der Waals surface area (Å²) >= 11 is 9.16. The Morgan fingerprint density at radius 3 is 2.57 bits per heavy atom. The molecule has 0 saturated carbocycles. The van der Waals surface area contributed by atoms with Gasteiger partial charge in [-0.1, -0.05) is 17.7 Å². The normalized spacial score (nSPS) is 12.0. The van der Waals surface area contributed by atoms with Crippen LogP contribution in [0.2, 0.25) is 5.02 Å². The van der Waals surface area contributed by atoms with E-state index in [-0.39, 0.29) is 11.5 Å². The highest BCUT2D eigenvalue weighted by Gasteiger charge is 2.16. The maximum Gasteiger partial charge on any atom is 0.251 e. The van der Waals surface area contributed by atoms with E-state index in [4.69, 9.17) is 11.6 Å². The number of benzene rings is 2. The molecule has 6 heteroatoms. The largest absolute Gasteiger partial charge is 0.345 e. The van der Waals surface area contributed by atoms with Crippen molar-refractivity contribution in [1.29, 1.82) is 0 Å². The second-order valence-corrected chi connectivity index (χ2v) is 5.75. The van der Waals surface area contributed by atoms with Crippen LogP contribution >= 0.6 is 27.5 Å². The van der Waals surface area contributed by atoms with Crippen molar-refractivity contribution in [3.05, 3.63) is 68.7 Å². The van der Waals surface area contributed by atoms with Crippen molar-refractivity contribution >= 4 is 33.4 Å². The van der Waals surface area contributed by atoms with Crippen LogP contribution in [-0.2, 0) is 0 Å². The highest BCUT2D eigenvalue weighted by molar-refractivity contribution is 9.10. The van der Waals surface area contributed by atoms with Gasteiger partial charge in [-0.25, -0.2) is 8.78 Å². The lowest BCUT2D eigenvalue weighted by Gasteiger charge is -2.15. The molecule has 0 aromatic heterocycles. The SMILES string of the molecule is CC(NC(=O)c1ccc(Br)c(Cl)c1)c1ccc(F)cc1F. The standard InChI is InChI=1S/C15H11BrClF2NO/c1-8(11-4-3-10(18)7-14(11)19)20-15(21)9-2-5-12(16)13(17)6-9/h2-8H,1H3,(H,20,21). The van der Waals surface area contributed by atoms with E-state index in [0.29, 0.717) is 15.1 Å². The molecule has 0 radical (unpaired) electrons. The van der Waals surface area contributed by atoms with Crippen LogP contribution in [0.5, 0.6) is 0 Å². The molecule has 2 aromatic carbocycles. The third-order valence-electron chi connectivity index (χ3n) is 2.96. The van der Waals surface area contributed by atoms with Gasteiger partial charge in [0.2, 0.25) is 0 Å². The molecule has 0 fully saturated rings. The molecule has 0 aliphatic rings. The molecule has 21 heavy (non-hydrogen) atoms. The summed E-state index contributed by atoms with van der Waals surface area (Å²) in [4.78, 5) is 12.1. The zero-order valence-electron chi connectivity index (χ0n) is 11.0. The predicted octanol–water partition coefficient (Wildman–Crippen LogP) is 4.87. The highest BCUT2D eigenvalue weighted by atomic mass is 79.9. The summed E-state index contributed by atoms with van der Waals surface area (Å²) in [6, 6.07) is 7.41. The van der Waals surface area contributed by atoms with Crippen LogP contribution in [0.1, 0.15) is 28.9 Å². The van der Waals surface area contributed by atoms with Crippen LogP contribution < -0.4 is 5.32 Å². The van der Waals surface area contributed by atoms with Gasteiger partial charge in [-0.2, -0.15) is 0 Å². The molecule has 0 saturated heterocycles. The minimum Gasteiger partial charge on any atom is -0.345 e. The number of carbonyl (C=O) groups excluding carboxylic acids is 1. The molecule has 2 rings (SSSR count). The van der Waals surface area contributed by atoms with Crippen LogP contribution in [0, 0.1) is 11.6 Å². The zero-order valence-corrected chi connectivity index (χ0v) is 13.3. The molecular weight excluding hydrogens is 364 g/mol. The summed E-state index contributed by atoms with van der Waals surface area (Å²) in [7, 11) is 0. The maximum absolute atomic E-state index is 13.7. The number of amides is 1. The van der Waals surface area contributed by atoms with Crippen molar-refractivity contribution in [3.63, 3.8) is 0 Å². The van der Waals surface area contributed by atoms with Gasteiger partial charge in [0.05, 0.1) is 11.1 Å². The van der Waals surface area contributed by atoms with Crippen molar-refractivity contribution in [3.8, 4) is 0 Å². The van der Waals surface area contributed by atoms with E-state index in [9.17, 15) is 13.6 Å². The third kappa shape index (κ3) is 3.80. The predicted molar refractivity (Wildman–Crippen MR) is 81.4 cm³/mol. The molecule has 2 nitrogen and oxygen atoms in total. The molecule has 1 amide bonds. The van der Waals surface area contributed by atoms with Crippen molar-refractivity contribution in [1.82, 2.24) is 5.32 Å². The van der Waals surface area contributed by atoms with E-state index in [1.54, 1.807) is 19.1 Å². The molecule has 0 aliphatic heterocycles. The lowest BCUT2D eigenvalue weighted by Crippen LogP contribution is -2.27. The summed E-state index contributed by atoms with van der Waals surface area (Å²) in [5.74, 6) is -1.74. The van der Waals surface area contributed by atoms with Crippen LogP contribution in [-0.4, -0.2) is 5.91 Å². The van der Waals surface area contributed by atoms with Crippen molar-refractivity contribution in [2.24, 2.45) is 0 Å². The fraction of sp³-hybridized carbons (Fsp3) is 0.133. The van der Waals surface area contributed by atoms with Gasteiger partial charge >= 0.3 is 0 Å². The van der Waals surface area contributed by atoms with Gasteiger partial charge < -0.3 is 5.32 Å². The first-order valence-corrected chi connectivity index (χ1v) is 7.26. The van der Waals surface area contributed by atoms with E-state index in [2.05, 4.69) is 21.2 Å². The van der Waals surface area contributed by atoms with Gasteiger partial charge in [-0.3, -0.25) is 4.79 Å². The molecule has 110 valence electrons. The van der Waals surface area contributed by atoms with Crippen molar-refractivity contribution in [2.45, 2.75) is 13.0 Å². The second-order valence-electron chi connectivity index (χ2n) is 4.49. The fourth-order valence-electron chi connectivity index (χ4n) is 1.85. The smallest absolute Gasteiger partial charge is 0.251 e. The van der Waals surface area contributed by atoms with Crippen LogP contribution in [0.25, 0.3) is 0 Å². The first-order valence-electron chi connectivity index (χ1n) is 6.09. The lowest BCUT2D eigenvalue weighted by molar-refractivity contribution is 0.0939.